The normalized spacial score (nSPS) is 20.2. The van der Waals surface area contributed by atoms with Gasteiger partial charge in [0.1, 0.15) is 11.6 Å². The van der Waals surface area contributed by atoms with Crippen LogP contribution in [0.15, 0.2) is 6.07 Å². The molecule has 0 aromatic carbocycles. The van der Waals surface area contributed by atoms with E-state index in [1.807, 2.05) is 9.80 Å². The number of rotatable bonds is 3. The molecule has 122 valence electrons. The van der Waals surface area contributed by atoms with E-state index < -0.39 is 12.0 Å². The molecule has 2 aliphatic heterocycles. The molecule has 1 N–H and O–H groups in total. The first-order chi connectivity index (χ1) is 10.5. The molecule has 1 aromatic heterocycles. The summed E-state index contributed by atoms with van der Waals surface area (Å²) in [6.45, 7) is 2.82. The van der Waals surface area contributed by atoms with Crippen molar-refractivity contribution in [2.24, 2.45) is 5.92 Å². The predicted octanol–water partition coefficient (Wildman–Crippen LogP) is 1.91. The number of hydrogen-bond acceptors (Lipinski definition) is 5. The number of aromatic nitrogens is 2. The lowest BCUT2D eigenvalue weighted by Crippen LogP contribution is -2.39. The van der Waals surface area contributed by atoms with E-state index in [2.05, 4.69) is 9.97 Å². The molecular formula is C14H19F3N4O. The Balaban J connectivity index is 1.86. The lowest BCUT2D eigenvalue weighted by molar-refractivity contribution is -0.144. The maximum atomic E-state index is 13.0. The van der Waals surface area contributed by atoms with Crippen molar-refractivity contribution in [3.05, 3.63) is 11.9 Å². The van der Waals surface area contributed by atoms with Gasteiger partial charge in [-0.05, 0) is 25.2 Å². The number of hydrogen-bond donors (Lipinski definition) is 1. The fraction of sp³-hybridized carbons (Fsp3) is 0.714. The summed E-state index contributed by atoms with van der Waals surface area (Å²) < 4.78 is 39.1. The average molecular weight is 316 g/mol. The topological polar surface area (TPSA) is 52.5 Å². The molecule has 0 saturated carbocycles. The monoisotopic (exact) mass is 316 g/mol. The third kappa shape index (κ3) is 3.11. The van der Waals surface area contributed by atoms with Gasteiger partial charge in [0.15, 0.2) is 0 Å². The summed E-state index contributed by atoms with van der Waals surface area (Å²) >= 11 is 0. The molecule has 2 fully saturated rings. The maximum Gasteiger partial charge on any atom is 0.451 e. The Morgan fingerprint density at radius 3 is 2.00 bits per heavy atom. The lowest BCUT2D eigenvalue weighted by atomic mass is 9.98. The van der Waals surface area contributed by atoms with Crippen LogP contribution in [-0.4, -0.2) is 47.9 Å². The van der Waals surface area contributed by atoms with Gasteiger partial charge in [-0.25, -0.2) is 9.97 Å². The fourth-order valence-electron chi connectivity index (χ4n) is 2.76. The van der Waals surface area contributed by atoms with E-state index in [-0.39, 0.29) is 12.5 Å². The van der Waals surface area contributed by atoms with Gasteiger partial charge in [0.25, 0.3) is 0 Å². The van der Waals surface area contributed by atoms with Crippen molar-refractivity contribution in [2.75, 3.05) is 42.6 Å². The number of aliphatic hydroxyl groups excluding tert-OH is 1. The predicted molar refractivity (Wildman–Crippen MR) is 75.9 cm³/mol. The van der Waals surface area contributed by atoms with E-state index in [9.17, 15) is 13.2 Å². The summed E-state index contributed by atoms with van der Waals surface area (Å²) in [4.78, 5) is 11.1. The molecule has 0 aliphatic carbocycles. The third-order valence-electron chi connectivity index (χ3n) is 4.33. The van der Waals surface area contributed by atoms with Crippen molar-refractivity contribution >= 4 is 11.6 Å². The van der Waals surface area contributed by atoms with Gasteiger partial charge in [-0.3, -0.25) is 0 Å². The molecule has 0 unspecified atom stereocenters. The van der Waals surface area contributed by atoms with Gasteiger partial charge >= 0.3 is 6.18 Å². The third-order valence-corrected chi connectivity index (χ3v) is 4.33. The standard InChI is InChI=1S/C14H19F3N4O/c15-14(16,17)13-18-11(20-4-1-5-20)8-12(19-13)21-6-2-10(9-22)3-7-21/h8,10,22H,1-7,9H2. The van der Waals surface area contributed by atoms with Crippen LogP contribution >= 0.6 is 0 Å². The molecule has 2 aliphatic rings. The van der Waals surface area contributed by atoms with Gasteiger partial charge in [0.05, 0.1) is 0 Å². The minimum atomic E-state index is -4.54. The summed E-state index contributed by atoms with van der Waals surface area (Å²) in [6.07, 6.45) is -2.04. The first-order valence-electron chi connectivity index (χ1n) is 7.54. The van der Waals surface area contributed by atoms with Gasteiger partial charge in [-0.2, -0.15) is 13.2 Å². The van der Waals surface area contributed by atoms with E-state index in [0.717, 1.165) is 32.4 Å². The van der Waals surface area contributed by atoms with Crippen LogP contribution in [0.3, 0.4) is 0 Å². The van der Waals surface area contributed by atoms with Gasteiger partial charge in [0, 0.05) is 38.9 Å². The smallest absolute Gasteiger partial charge is 0.396 e. The molecule has 3 heterocycles. The first-order valence-corrected chi connectivity index (χ1v) is 7.54. The number of halogens is 3. The van der Waals surface area contributed by atoms with E-state index in [1.54, 1.807) is 6.07 Å². The van der Waals surface area contributed by atoms with Crippen LogP contribution in [0.4, 0.5) is 24.8 Å². The number of nitrogens with zero attached hydrogens (tertiary/aromatic N) is 4. The number of aliphatic hydroxyl groups is 1. The van der Waals surface area contributed by atoms with Crippen molar-refractivity contribution in [1.82, 2.24) is 9.97 Å². The molecule has 2 saturated heterocycles. The maximum absolute atomic E-state index is 13.0. The molecule has 0 spiro atoms. The van der Waals surface area contributed by atoms with Crippen LogP contribution in [0.25, 0.3) is 0 Å². The molecule has 22 heavy (non-hydrogen) atoms. The van der Waals surface area contributed by atoms with Crippen LogP contribution < -0.4 is 9.80 Å². The summed E-state index contributed by atoms with van der Waals surface area (Å²) in [7, 11) is 0. The molecule has 0 bridgehead atoms. The number of anilines is 2. The number of alkyl halides is 3. The Kier molecular flexibility index (Phi) is 4.12. The van der Waals surface area contributed by atoms with E-state index >= 15 is 0 Å². The second-order valence-electron chi connectivity index (χ2n) is 5.86. The Hall–Kier alpha value is -1.57. The van der Waals surface area contributed by atoms with Crippen molar-refractivity contribution < 1.29 is 18.3 Å². The summed E-state index contributed by atoms with van der Waals surface area (Å²) in [5.41, 5.74) is 0. The molecule has 8 heteroatoms. The second kappa shape index (κ2) is 5.91. The Bertz CT molecular complexity index is 525. The number of piperidine rings is 1. The van der Waals surface area contributed by atoms with E-state index in [4.69, 9.17) is 5.11 Å². The van der Waals surface area contributed by atoms with Crippen molar-refractivity contribution in [3.63, 3.8) is 0 Å². The average Bonchev–Trinajstić information content (AvgIpc) is 2.44. The zero-order valence-electron chi connectivity index (χ0n) is 12.2. The highest BCUT2D eigenvalue weighted by atomic mass is 19.4. The Morgan fingerprint density at radius 1 is 1.05 bits per heavy atom. The highest BCUT2D eigenvalue weighted by Crippen LogP contribution is 2.32. The molecule has 1 aromatic rings. The molecule has 0 radical (unpaired) electrons. The molecular weight excluding hydrogens is 297 g/mol. The van der Waals surface area contributed by atoms with Crippen LogP contribution in [0.1, 0.15) is 25.1 Å². The Morgan fingerprint density at radius 2 is 1.59 bits per heavy atom. The van der Waals surface area contributed by atoms with Crippen molar-refractivity contribution in [2.45, 2.75) is 25.4 Å². The largest absolute Gasteiger partial charge is 0.451 e. The Labute approximate surface area is 126 Å². The first kappa shape index (κ1) is 15.3. The summed E-state index contributed by atoms with van der Waals surface area (Å²) in [5.74, 6) is -0.153. The quantitative estimate of drug-likeness (QED) is 0.923. The van der Waals surface area contributed by atoms with Gasteiger partial charge in [-0.15, -0.1) is 0 Å². The van der Waals surface area contributed by atoms with Crippen LogP contribution in [0.5, 0.6) is 0 Å². The van der Waals surface area contributed by atoms with Gasteiger partial charge < -0.3 is 14.9 Å². The molecule has 0 atom stereocenters. The minimum Gasteiger partial charge on any atom is -0.396 e. The molecule has 3 rings (SSSR count). The van der Waals surface area contributed by atoms with Crippen molar-refractivity contribution in [3.8, 4) is 0 Å². The molecule has 5 nitrogen and oxygen atoms in total. The van der Waals surface area contributed by atoms with E-state index in [0.29, 0.717) is 24.7 Å². The van der Waals surface area contributed by atoms with Crippen LogP contribution in [0.2, 0.25) is 0 Å². The van der Waals surface area contributed by atoms with Gasteiger partial charge in [-0.1, -0.05) is 0 Å². The second-order valence-corrected chi connectivity index (χ2v) is 5.86. The van der Waals surface area contributed by atoms with E-state index in [1.165, 1.54) is 0 Å². The minimum absolute atomic E-state index is 0.129. The summed E-state index contributed by atoms with van der Waals surface area (Å²) in [6, 6.07) is 1.65. The zero-order chi connectivity index (χ0) is 15.7. The molecule has 0 amide bonds. The van der Waals surface area contributed by atoms with Gasteiger partial charge in [0.2, 0.25) is 5.82 Å². The summed E-state index contributed by atoms with van der Waals surface area (Å²) in [5, 5.41) is 9.16. The SMILES string of the molecule is OCC1CCN(c2cc(N3CCC3)nc(C(F)(F)F)n2)CC1. The lowest BCUT2D eigenvalue weighted by Gasteiger charge is -2.35. The fourth-order valence-corrected chi connectivity index (χ4v) is 2.76. The van der Waals surface area contributed by atoms with Crippen LogP contribution in [0, 0.1) is 5.92 Å². The van der Waals surface area contributed by atoms with Crippen LogP contribution in [-0.2, 0) is 6.18 Å². The highest BCUT2D eigenvalue weighted by Gasteiger charge is 2.37. The zero-order valence-corrected chi connectivity index (χ0v) is 12.2. The highest BCUT2D eigenvalue weighted by molar-refractivity contribution is 5.52. The van der Waals surface area contributed by atoms with Crippen molar-refractivity contribution in [1.29, 1.82) is 0 Å².